The quantitative estimate of drug-likeness (QED) is 0.737. The van der Waals surface area contributed by atoms with Gasteiger partial charge in [-0.05, 0) is 43.0 Å². The maximum absolute atomic E-state index is 6.08. The Morgan fingerprint density at radius 1 is 1.35 bits per heavy atom. The second kappa shape index (κ2) is 6.17. The maximum atomic E-state index is 6.08. The van der Waals surface area contributed by atoms with Gasteiger partial charge in [-0.3, -0.25) is 4.57 Å². The van der Waals surface area contributed by atoms with Crippen LogP contribution in [-0.4, -0.2) is 26.1 Å². The first-order valence-corrected chi connectivity index (χ1v) is 7.97. The van der Waals surface area contributed by atoms with E-state index in [0.29, 0.717) is 23.5 Å². The van der Waals surface area contributed by atoms with Crippen molar-refractivity contribution in [3.05, 3.63) is 35.8 Å². The number of aromatic nitrogens is 4. The van der Waals surface area contributed by atoms with Crippen LogP contribution in [0.15, 0.2) is 29.1 Å². The van der Waals surface area contributed by atoms with Crippen molar-refractivity contribution in [1.82, 2.24) is 19.5 Å². The molecule has 3 aromatic heterocycles. The van der Waals surface area contributed by atoms with Gasteiger partial charge in [-0.2, -0.15) is 9.97 Å². The molecule has 7 nitrogen and oxygen atoms in total. The molecule has 23 heavy (non-hydrogen) atoms. The van der Waals surface area contributed by atoms with Crippen LogP contribution in [0.25, 0.3) is 11.2 Å². The number of hydrogen-bond acceptors (Lipinski definition) is 6. The zero-order chi connectivity index (χ0) is 15.6. The second-order valence-corrected chi connectivity index (χ2v) is 5.76. The van der Waals surface area contributed by atoms with E-state index in [4.69, 9.17) is 20.8 Å². The lowest BCUT2D eigenvalue weighted by Gasteiger charge is -2.23. The molecule has 0 radical (unpaired) electrons. The normalized spacial score (nSPS) is 18.4. The van der Waals surface area contributed by atoms with Crippen LogP contribution in [0.3, 0.4) is 0 Å². The lowest BCUT2D eigenvalue weighted by Crippen LogP contribution is -2.17. The van der Waals surface area contributed by atoms with Crippen LogP contribution in [0, 0.1) is 0 Å². The first-order chi connectivity index (χ1) is 11.3. The molecule has 0 spiro atoms. The summed E-state index contributed by atoms with van der Waals surface area (Å²) >= 11 is 6.08. The number of fused-ring (bicyclic) bond motifs is 1. The molecule has 1 aliphatic heterocycles. The Bertz CT molecular complexity index is 796. The molecular weight excluding hydrogens is 318 g/mol. The highest BCUT2D eigenvalue weighted by atomic mass is 35.5. The standard InChI is InChI=1S/C15H16ClN5O2/c16-15-19-13(17-8-10-4-3-7-22-10)12-14(20-15)21(9-18-12)11-5-1-2-6-23-11/h3-4,7,9,11H,1-2,5-6,8H2,(H,17,19,20). The van der Waals surface area contributed by atoms with E-state index in [1.807, 2.05) is 16.7 Å². The van der Waals surface area contributed by atoms with E-state index in [1.165, 1.54) is 0 Å². The first-order valence-electron chi connectivity index (χ1n) is 7.59. The highest BCUT2D eigenvalue weighted by Crippen LogP contribution is 2.28. The summed E-state index contributed by atoms with van der Waals surface area (Å²) < 4.78 is 13.1. The van der Waals surface area contributed by atoms with Crippen LogP contribution < -0.4 is 5.32 Å². The zero-order valence-corrected chi connectivity index (χ0v) is 13.2. The number of anilines is 1. The van der Waals surface area contributed by atoms with Crippen molar-refractivity contribution in [2.75, 3.05) is 11.9 Å². The summed E-state index contributed by atoms with van der Waals surface area (Å²) in [6, 6.07) is 3.73. The van der Waals surface area contributed by atoms with Gasteiger partial charge in [0, 0.05) is 6.61 Å². The molecule has 0 aromatic carbocycles. The van der Waals surface area contributed by atoms with E-state index in [-0.39, 0.29) is 11.5 Å². The number of nitrogens with zero attached hydrogens (tertiary/aromatic N) is 4. The molecule has 1 aliphatic rings. The number of imidazole rings is 1. The Morgan fingerprint density at radius 3 is 3.09 bits per heavy atom. The van der Waals surface area contributed by atoms with Crippen LogP contribution in [0.4, 0.5) is 5.82 Å². The highest BCUT2D eigenvalue weighted by molar-refractivity contribution is 6.28. The molecule has 1 atom stereocenters. The fourth-order valence-corrected chi connectivity index (χ4v) is 2.92. The largest absolute Gasteiger partial charge is 0.467 e. The first kappa shape index (κ1) is 14.5. The Labute approximate surface area is 137 Å². The second-order valence-electron chi connectivity index (χ2n) is 5.42. The Hall–Kier alpha value is -2.12. The summed E-state index contributed by atoms with van der Waals surface area (Å²) in [6.45, 7) is 1.26. The van der Waals surface area contributed by atoms with Crippen molar-refractivity contribution >= 4 is 28.6 Å². The third-order valence-corrected chi connectivity index (χ3v) is 4.04. The number of furan rings is 1. The molecule has 1 unspecified atom stereocenters. The molecule has 0 amide bonds. The average molecular weight is 334 g/mol. The fourth-order valence-electron chi connectivity index (χ4n) is 2.75. The van der Waals surface area contributed by atoms with E-state index in [2.05, 4.69) is 20.3 Å². The van der Waals surface area contributed by atoms with Gasteiger partial charge in [0.05, 0.1) is 19.1 Å². The van der Waals surface area contributed by atoms with Gasteiger partial charge in [-0.15, -0.1) is 0 Å². The average Bonchev–Trinajstić information content (AvgIpc) is 3.23. The third-order valence-electron chi connectivity index (χ3n) is 3.87. The van der Waals surface area contributed by atoms with Gasteiger partial charge in [0.15, 0.2) is 17.0 Å². The van der Waals surface area contributed by atoms with Crippen molar-refractivity contribution in [3.8, 4) is 0 Å². The van der Waals surface area contributed by atoms with Gasteiger partial charge in [0.25, 0.3) is 0 Å². The smallest absolute Gasteiger partial charge is 0.226 e. The lowest BCUT2D eigenvalue weighted by atomic mass is 10.2. The topological polar surface area (TPSA) is 78.0 Å². The minimum Gasteiger partial charge on any atom is -0.467 e. The van der Waals surface area contributed by atoms with Gasteiger partial charge in [-0.1, -0.05) is 0 Å². The summed E-state index contributed by atoms with van der Waals surface area (Å²) in [5.41, 5.74) is 1.36. The summed E-state index contributed by atoms with van der Waals surface area (Å²) in [7, 11) is 0. The fraction of sp³-hybridized carbons (Fsp3) is 0.400. The molecule has 1 fully saturated rings. The summed E-state index contributed by atoms with van der Waals surface area (Å²) in [6.07, 6.45) is 6.50. The summed E-state index contributed by atoms with van der Waals surface area (Å²) in [4.78, 5) is 13.0. The van der Waals surface area contributed by atoms with Gasteiger partial charge in [-0.25, -0.2) is 4.98 Å². The molecule has 1 N–H and O–H groups in total. The van der Waals surface area contributed by atoms with E-state index < -0.39 is 0 Å². The number of rotatable bonds is 4. The van der Waals surface area contributed by atoms with Crippen LogP contribution >= 0.6 is 11.6 Å². The predicted molar refractivity (Wildman–Crippen MR) is 85.2 cm³/mol. The summed E-state index contributed by atoms with van der Waals surface area (Å²) in [5.74, 6) is 1.40. The maximum Gasteiger partial charge on any atom is 0.226 e. The molecule has 8 heteroatoms. The van der Waals surface area contributed by atoms with Crippen molar-refractivity contribution in [2.45, 2.75) is 32.0 Å². The van der Waals surface area contributed by atoms with E-state index in [9.17, 15) is 0 Å². The zero-order valence-electron chi connectivity index (χ0n) is 12.4. The highest BCUT2D eigenvalue weighted by Gasteiger charge is 2.21. The van der Waals surface area contributed by atoms with Crippen LogP contribution in [0.1, 0.15) is 31.3 Å². The third kappa shape index (κ3) is 2.89. The molecule has 0 bridgehead atoms. The minimum absolute atomic E-state index is 0.0439. The van der Waals surface area contributed by atoms with Crippen molar-refractivity contribution in [3.63, 3.8) is 0 Å². The minimum atomic E-state index is -0.0439. The molecule has 0 saturated carbocycles. The molecule has 1 saturated heterocycles. The number of halogens is 1. The van der Waals surface area contributed by atoms with Gasteiger partial charge in [0.2, 0.25) is 5.28 Å². The number of hydrogen-bond donors (Lipinski definition) is 1. The number of ether oxygens (including phenoxy) is 1. The predicted octanol–water partition coefficient (Wildman–Crippen LogP) is 3.38. The molecule has 4 rings (SSSR count). The van der Waals surface area contributed by atoms with Crippen molar-refractivity contribution in [2.24, 2.45) is 0 Å². The lowest BCUT2D eigenvalue weighted by molar-refractivity contribution is -0.0298. The van der Waals surface area contributed by atoms with Gasteiger partial charge in [0.1, 0.15) is 12.0 Å². The molecule has 4 heterocycles. The Balaban J connectivity index is 1.66. The Kier molecular flexibility index (Phi) is 3.88. The van der Waals surface area contributed by atoms with Gasteiger partial charge < -0.3 is 14.5 Å². The SMILES string of the molecule is Clc1nc(NCc2ccco2)c2ncn(C3CCCCO3)c2n1. The molecule has 3 aromatic rings. The summed E-state index contributed by atoms with van der Waals surface area (Å²) in [5, 5.41) is 3.38. The monoisotopic (exact) mass is 333 g/mol. The molecule has 120 valence electrons. The van der Waals surface area contributed by atoms with Crippen LogP contribution in [0.5, 0.6) is 0 Å². The van der Waals surface area contributed by atoms with E-state index in [0.717, 1.165) is 31.6 Å². The van der Waals surface area contributed by atoms with Crippen molar-refractivity contribution < 1.29 is 9.15 Å². The van der Waals surface area contributed by atoms with Gasteiger partial charge >= 0.3 is 0 Å². The van der Waals surface area contributed by atoms with E-state index >= 15 is 0 Å². The molecule has 0 aliphatic carbocycles. The number of nitrogens with one attached hydrogen (secondary N) is 1. The Morgan fingerprint density at radius 2 is 2.30 bits per heavy atom. The van der Waals surface area contributed by atoms with Crippen molar-refractivity contribution in [1.29, 1.82) is 0 Å². The molecular formula is C15H16ClN5O2. The van der Waals surface area contributed by atoms with Crippen LogP contribution in [0.2, 0.25) is 5.28 Å². The van der Waals surface area contributed by atoms with Crippen LogP contribution in [-0.2, 0) is 11.3 Å². The van der Waals surface area contributed by atoms with E-state index in [1.54, 1.807) is 12.6 Å².